The van der Waals surface area contributed by atoms with Crippen molar-refractivity contribution in [2.45, 2.75) is 25.6 Å². The first kappa shape index (κ1) is 9.24. The molecular formula is C10H9F2O2. The molecule has 1 aromatic rings. The van der Waals surface area contributed by atoms with Gasteiger partial charge in [-0.2, -0.15) is 8.78 Å². The van der Waals surface area contributed by atoms with Crippen LogP contribution >= 0.6 is 0 Å². The second-order valence-corrected chi connectivity index (χ2v) is 3.06. The molecule has 2 nitrogen and oxygen atoms in total. The van der Waals surface area contributed by atoms with E-state index in [0.717, 1.165) is 12.8 Å². The van der Waals surface area contributed by atoms with Crippen molar-refractivity contribution in [2.75, 3.05) is 0 Å². The van der Waals surface area contributed by atoms with Gasteiger partial charge in [0.05, 0.1) is 6.10 Å². The highest BCUT2D eigenvalue weighted by Crippen LogP contribution is 2.33. The maximum Gasteiger partial charge on any atom is 0.387 e. The lowest BCUT2D eigenvalue weighted by atomic mass is 10.3. The number of ether oxygens (including phenoxy) is 2. The molecule has 0 amide bonds. The second-order valence-electron chi connectivity index (χ2n) is 3.06. The Hall–Kier alpha value is -1.32. The zero-order chi connectivity index (χ0) is 9.97. The van der Waals surface area contributed by atoms with E-state index in [0.29, 0.717) is 0 Å². The van der Waals surface area contributed by atoms with Gasteiger partial charge >= 0.3 is 6.61 Å². The molecule has 0 unspecified atom stereocenters. The fourth-order valence-corrected chi connectivity index (χ4v) is 1.04. The van der Waals surface area contributed by atoms with E-state index in [4.69, 9.17) is 4.74 Å². The van der Waals surface area contributed by atoms with E-state index in [9.17, 15) is 8.78 Å². The molecule has 1 aliphatic rings. The average molecular weight is 199 g/mol. The quantitative estimate of drug-likeness (QED) is 0.742. The number of para-hydroxylation sites is 1. The van der Waals surface area contributed by atoms with Crippen LogP contribution in [0.4, 0.5) is 8.78 Å². The van der Waals surface area contributed by atoms with Crippen LogP contribution in [0, 0.1) is 6.07 Å². The van der Waals surface area contributed by atoms with Crippen LogP contribution in [0.5, 0.6) is 11.5 Å². The summed E-state index contributed by atoms with van der Waals surface area (Å²) in [4.78, 5) is 0. The Morgan fingerprint density at radius 2 is 2.21 bits per heavy atom. The lowest BCUT2D eigenvalue weighted by Gasteiger charge is -2.10. The Labute approximate surface area is 80.4 Å². The molecule has 0 spiro atoms. The molecule has 0 heterocycles. The van der Waals surface area contributed by atoms with E-state index in [1.165, 1.54) is 6.07 Å². The highest BCUT2D eigenvalue weighted by molar-refractivity contribution is 5.38. The van der Waals surface area contributed by atoms with Gasteiger partial charge in [0.15, 0.2) is 11.5 Å². The van der Waals surface area contributed by atoms with Crippen LogP contribution in [0.1, 0.15) is 12.8 Å². The highest BCUT2D eigenvalue weighted by atomic mass is 19.3. The molecule has 2 rings (SSSR count). The van der Waals surface area contributed by atoms with E-state index in [1.54, 1.807) is 12.1 Å². The number of hydrogen-bond donors (Lipinski definition) is 0. The summed E-state index contributed by atoms with van der Waals surface area (Å²) < 4.78 is 33.6. The van der Waals surface area contributed by atoms with Crippen molar-refractivity contribution in [3.05, 3.63) is 24.3 Å². The molecule has 4 heteroatoms. The minimum atomic E-state index is -2.83. The lowest BCUT2D eigenvalue weighted by Crippen LogP contribution is -2.05. The summed E-state index contributed by atoms with van der Waals surface area (Å²) in [5, 5.41) is 0. The van der Waals surface area contributed by atoms with Crippen molar-refractivity contribution in [1.82, 2.24) is 0 Å². The van der Waals surface area contributed by atoms with E-state index < -0.39 is 6.61 Å². The first-order valence-electron chi connectivity index (χ1n) is 4.38. The van der Waals surface area contributed by atoms with Crippen molar-refractivity contribution in [1.29, 1.82) is 0 Å². The normalized spacial score (nSPS) is 15.6. The maximum absolute atomic E-state index is 12.0. The van der Waals surface area contributed by atoms with Gasteiger partial charge in [0, 0.05) is 6.07 Å². The number of halogens is 2. The van der Waals surface area contributed by atoms with Crippen LogP contribution in [-0.4, -0.2) is 12.7 Å². The van der Waals surface area contributed by atoms with Crippen molar-refractivity contribution >= 4 is 0 Å². The summed E-state index contributed by atoms with van der Waals surface area (Å²) in [6.45, 7) is -2.83. The number of alkyl halides is 2. The van der Waals surface area contributed by atoms with Gasteiger partial charge in [-0.1, -0.05) is 12.1 Å². The van der Waals surface area contributed by atoms with Gasteiger partial charge in [0.25, 0.3) is 0 Å². The van der Waals surface area contributed by atoms with Gasteiger partial charge in [-0.25, -0.2) is 0 Å². The predicted octanol–water partition coefficient (Wildman–Crippen LogP) is 2.63. The monoisotopic (exact) mass is 199 g/mol. The van der Waals surface area contributed by atoms with Gasteiger partial charge in [-0.05, 0) is 18.9 Å². The summed E-state index contributed by atoms with van der Waals surface area (Å²) in [6, 6.07) is 7.37. The van der Waals surface area contributed by atoms with Crippen LogP contribution in [0.15, 0.2) is 18.2 Å². The number of hydrogen-bond acceptors (Lipinski definition) is 2. The van der Waals surface area contributed by atoms with Gasteiger partial charge in [-0.15, -0.1) is 0 Å². The summed E-state index contributed by atoms with van der Waals surface area (Å²) in [7, 11) is 0. The first-order chi connectivity index (χ1) is 6.75. The van der Waals surface area contributed by atoms with Crippen LogP contribution in [0.2, 0.25) is 0 Å². The molecule has 0 N–H and O–H groups in total. The predicted molar refractivity (Wildman–Crippen MR) is 45.6 cm³/mol. The standard InChI is InChI=1S/C10H9F2O2/c11-10(12)14-9-4-2-1-3-8(9)13-7-5-6-7/h1-2,4,7,10H,5-6H2. The molecule has 75 valence electrons. The van der Waals surface area contributed by atoms with Gasteiger partial charge in [0.2, 0.25) is 0 Å². The minimum absolute atomic E-state index is 0.0504. The van der Waals surface area contributed by atoms with Crippen molar-refractivity contribution in [3.8, 4) is 11.5 Å². The van der Waals surface area contributed by atoms with Gasteiger partial charge < -0.3 is 9.47 Å². The minimum Gasteiger partial charge on any atom is -0.486 e. The van der Waals surface area contributed by atoms with Crippen molar-refractivity contribution in [2.24, 2.45) is 0 Å². The zero-order valence-electron chi connectivity index (χ0n) is 7.37. The third-order valence-electron chi connectivity index (χ3n) is 1.81. The number of rotatable bonds is 4. The molecular weight excluding hydrogens is 190 g/mol. The van der Waals surface area contributed by atoms with Crippen molar-refractivity contribution in [3.63, 3.8) is 0 Å². The molecule has 1 aromatic carbocycles. The summed E-state index contributed by atoms with van der Waals surface area (Å²) in [6.07, 6.45) is 2.09. The SMILES string of the molecule is FC(F)Oc1ccc[c]c1OC1CC1. The lowest BCUT2D eigenvalue weighted by molar-refractivity contribution is -0.0516. The van der Waals surface area contributed by atoms with E-state index in [-0.39, 0.29) is 17.6 Å². The Bertz CT molecular complexity index is 288. The Morgan fingerprint density at radius 1 is 1.43 bits per heavy atom. The van der Waals surface area contributed by atoms with Crippen LogP contribution in [0.3, 0.4) is 0 Å². The number of benzene rings is 1. The fourth-order valence-electron chi connectivity index (χ4n) is 1.04. The third kappa shape index (κ3) is 2.34. The fraction of sp³-hybridized carbons (Fsp3) is 0.400. The zero-order valence-corrected chi connectivity index (χ0v) is 7.37. The summed E-state index contributed by atoms with van der Waals surface area (Å²) >= 11 is 0. The molecule has 1 aliphatic carbocycles. The molecule has 0 aliphatic heterocycles. The first-order valence-corrected chi connectivity index (χ1v) is 4.38. The summed E-state index contributed by atoms with van der Waals surface area (Å²) in [5.74, 6) is 0.324. The van der Waals surface area contributed by atoms with E-state index >= 15 is 0 Å². The smallest absolute Gasteiger partial charge is 0.387 e. The topological polar surface area (TPSA) is 18.5 Å². The average Bonchev–Trinajstić information content (AvgIpc) is 2.91. The molecule has 1 radical (unpaired) electrons. The van der Waals surface area contributed by atoms with Crippen LogP contribution < -0.4 is 9.47 Å². The Balaban J connectivity index is 2.10. The van der Waals surface area contributed by atoms with Gasteiger partial charge in [0.1, 0.15) is 0 Å². The summed E-state index contributed by atoms with van der Waals surface area (Å²) in [5.41, 5.74) is 0. The maximum atomic E-state index is 12.0. The molecule has 1 fully saturated rings. The molecule has 14 heavy (non-hydrogen) atoms. The molecule has 0 bridgehead atoms. The Morgan fingerprint density at radius 3 is 2.86 bits per heavy atom. The van der Waals surface area contributed by atoms with Crippen LogP contribution in [-0.2, 0) is 0 Å². The van der Waals surface area contributed by atoms with Gasteiger partial charge in [-0.3, -0.25) is 0 Å². The molecule has 1 saturated carbocycles. The second kappa shape index (κ2) is 3.82. The van der Waals surface area contributed by atoms with Crippen molar-refractivity contribution < 1.29 is 18.3 Å². The van der Waals surface area contributed by atoms with E-state index in [2.05, 4.69) is 10.8 Å². The largest absolute Gasteiger partial charge is 0.486 e. The highest BCUT2D eigenvalue weighted by Gasteiger charge is 2.25. The molecule has 0 aromatic heterocycles. The molecule has 0 atom stereocenters. The van der Waals surface area contributed by atoms with Crippen LogP contribution in [0.25, 0.3) is 0 Å². The third-order valence-corrected chi connectivity index (χ3v) is 1.81. The van der Waals surface area contributed by atoms with E-state index in [1.807, 2.05) is 0 Å². The molecule has 0 saturated heterocycles. The Kier molecular flexibility index (Phi) is 2.52.